The molecular formula is C20H23N5O4. The number of carbonyl (C=O) groups is 1. The van der Waals surface area contributed by atoms with Crippen molar-refractivity contribution in [3.8, 4) is 5.88 Å². The van der Waals surface area contributed by atoms with Gasteiger partial charge in [0.25, 0.3) is 11.5 Å². The molecule has 0 aliphatic heterocycles. The van der Waals surface area contributed by atoms with Crippen LogP contribution < -0.4 is 21.3 Å². The Kier molecular flexibility index (Phi) is 6.06. The van der Waals surface area contributed by atoms with Crippen molar-refractivity contribution in [1.82, 2.24) is 24.8 Å². The second-order valence-corrected chi connectivity index (χ2v) is 6.86. The third-order valence-corrected chi connectivity index (χ3v) is 4.15. The van der Waals surface area contributed by atoms with Gasteiger partial charge in [-0.05, 0) is 31.9 Å². The smallest absolute Gasteiger partial charge is 0.329 e. The Morgan fingerprint density at radius 1 is 1.24 bits per heavy atom. The summed E-state index contributed by atoms with van der Waals surface area (Å²) in [5.74, 6) is 0.140. The minimum atomic E-state index is -0.565. The second kappa shape index (κ2) is 8.68. The predicted molar refractivity (Wildman–Crippen MR) is 108 cm³/mol. The first kappa shape index (κ1) is 20.2. The van der Waals surface area contributed by atoms with Gasteiger partial charge in [-0.2, -0.15) is 0 Å². The molecule has 0 aliphatic carbocycles. The first-order valence-corrected chi connectivity index (χ1v) is 9.41. The Morgan fingerprint density at radius 3 is 2.69 bits per heavy atom. The average molecular weight is 397 g/mol. The van der Waals surface area contributed by atoms with Crippen LogP contribution in [0.1, 0.15) is 43.1 Å². The minimum Gasteiger partial charge on any atom is -0.475 e. The molecule has 3 rings (SSSR count). The Labute approximate surface area is 166 Å². The fourth-order valence-electron chi connectivity index (χ4n) is 2.83. The zero-order chi connectivity index (χ0) is 21.0. The number of aromatic nitrogens is 4. The second-order valence-electron chi connectivity index (χ2n) is 6.86. The van der Waals surface area contributed by atoms with Gasteiger partial charge in [-0.15, -0.1) is 0 Å². The van der Waals surface area contributed by atoms with Crippen LogP contribution in [0.2, 0.25) is 0 Å². The Balaban J connectivity index is 1.77. The molecule has 3 aromatic heterocycles. The monoisotopic (exact) mass is 397 g/mol. The van der Waals surface area contributed by atoms with Gasteiger partial charge in [-0.3, -0.25) is 19.1 Å². The highest BCUT2D eigenvalue weighted by atomic mass is 16.5. The lowest BCUT2D eigenvalue weighted by molar-refractivity contribution is 0.0950. The maximum absolute atomic E-state index is 12.5. The highest BCUT2D eigenvalue weighted by molar-refractivity contribution is 5.96. The van der Waals surface area contributed by atoms with Crippen LogP contribution in [0.25, 0.3) is 11.0 Å². The number of rotatable bonds is 7. The van der Waals surface area contributed by atoms with Crippen molar-refractivity contribution in [3.63, 3.8) is 0 Å². The third kappa shape index (κ3) is 4.68. The first-order valence-electron chi connectivity index (χ1n) is 9.41. The SMILES string of the molecule is CCCn1c(=O)[nH]c(=O)c2cc(C(=O)NCc3ccc(OC(C)C)nc3)cnc21. The van der Waals surface area contributed by atoms with Crippen LogP contribution in [0.4, 0.5) is 0 Å². The van der Waals surface area contributed by atoms with Crippen molar-refractivity contribution < 1.29 is 9.53 Å². The third-order valence-electron chi connectivity index (χ3n) is 4.15. The number of fused-ring (bicyclic) bond motifs is 1. The topological polar surface area (TPSA) is 119 Å². The summed E-state index contributed by atoms with van der Waals surface area (Å²) in [4.78, 5) is 47.3. The predicted octanol–water partition coefficient (Wildman–Crippen LogP) is 1.61. The molecule has 0 saturated heterocycles. The first-order chi connectivity index (χ1) is 13.9. The average Bonchev–Trinajstić information content (AvgIpc) is 2.69. The summed E-state index contributed by atoms with van der Waals surface area (Å²) in [6.07, 6.45) is 3.73. The van der Waals surface area contributed by atoms with Gasteiger partial charge in [-0.1, -0.05) is 13.0 Å². The standard InChI is InChI=1S/C20H23N5O4/c1-4-7-25-17-15(19(27)24-20(25)28)8-14(11-22-17)18(26)23-10-13-5-6-16(21-9-13)29-12(2)3/h5-6,8-9,11-12H,4,7,10H2,1-3H3,(H,23,26)(H,24,27,28). The van der Waals surface area contributed by atoms with Crippen LogP contribution in [0.3, 0.4) is 0 Å². The summed E-state index contributed by atoms with van der Waals surface area (Å²) in [5.41, 5.74) is 0.230. The maximum Gasteiger partial charge on any atom is 0.329 e. The molecule has 0 aliphatic rings. The number of H-pyrrole nitrogens is 1. The number of hydrogen-bond acceptors (Lipinski definition) is 6. The molecule has 0 saturated carbocycles. The largest absolute Gasteiger partial charge is 0.475 e. The quantitative estimate of drug-likeness (QED) is 0.625. The molecule has 0 radical (unpaired) electrons. The van der Waals surface area contributed by atoms with Crippen molar-refractivity contribution >= 4 is 16.9 Å². The van der Waals surface area contributed by atoms with Crippen molar-refractivity contribution in [2.75, 3.05) is 0 Å². The van der Waals surface area contributed by atoms with Gasteiger partial charge in [0.1, 0.15) is 5.65 Å². The van der Waals surface area contributed by atoms with E-state index in [1.807, 2.05) is 26.8 Å². The molecular weight excluding hydrogens is 374 g/mol. The Bertz CT molecular complexity index is 1130. The van der Waals surface area contributed by atoms with Gasteiger partial charge >= 0.3 is 5.69 Å². The molecule has 29 heavy (non-hydrogen) atoms. The van der Waals surface area contributed by atoms with Crippen molar-refractivity contribution in [3.05, 3.63) is 62.6 Å². The number of aromatic amines is 1. The van der Waals surface area contributed by atoms with Crippen LogP contribution in [0, 0.1) is 0 Å². The van der Waals surface area contributed by atoms with Crippen molar-refractivity contribution in [2.24, 2.45) is 0 Å². The molecule has 9 heteroatoms. The van der Waals surface area contributed by atoms with E-state index in [4.69, 9.17) is 4.74 Å². The van der Waals surface area contributed by atoms with E-state index in [0.29, 0.717) is 18.8 Å². The number of hydrogen-bond donors (Lipinski definition) is 2. The van der Waals surface area contributed by atoms with Crippen LogP contribution in [-0.4, -0.2) is 31.5 Å². The van der Waals surface area contributed by atoms with Gasteiger partial charge < -0.3 is 10.1 Å². The zero-order valence-electron chi connectivity index (χ0n) is 16.6. The molecule has 0 unspecified atom stereocenters. The summed E-state index contributed by atoms with van der Waals surface area (Å²) < 4.78 is 6.88. The number of carbonyl (C=O) groups excluding carboxylic acids is 1. The Hall–Kier alpha value is -3.49. The van der Waals surface area contributed by atoms with Gasteiger partial charge in [0.15, 0.2) is 0 Å². The van der Waals surface area contributed by atoms with Gasteiger partial charge in [0.05, 0.1) is 17.1 Å². The lowest BCUT2D eigenvalue weighted by Crippen LogP contribution is -2.31. The lowest BCUT2D eigenvalue weighted by Gasteiger charge is -2.10. The van der Waals surface area contributed by atoms with E-state index >= 15 is 0 Å². The normalized spacial score (nSPS) is 11.0. The summed E-state index contributed by atoms with van der Waals surface area (Å²) in [6, 6.07) is 5.00. The number of nitrogens with one attached hydrogen (secondary N) is 2. The molecule has 9 nitrogen and oxygen atoms in total. The summed E-state index contributed by atoms with van der Waals surface area (Å²) in [7, 11) is 0. The van der Waals surface area contributed by atoms with E-state index < -0.39 is 11.2 Å². The summed E-state index contributed by atoms with van der Waals surface area (Å²) in [5, 5.41) is 2.97. The van der Waals surface area contributed by atoms with E-state index in [2.05, 4.69) is 20.3 Å². The zero-order valence-corrected chi connectivity index (χ0v) is 16.6. The number of ether oxygens (including phenoxy) is 1. The van der Waals surface area contributed by atoms with Crippen molar-refractivity contribution in [2.45, 2.75) is 46.4 Å². The number of amides is 1. The van der Waals surface area contributed by atoms with E-state index in [1.54, 1.807) is 12.3 Å². The van der Waals surface area contributed by atoms with Crippen LogP contribution >= 0.6 is 0 Å². The van der Waals surface area contributed by atoms with E-state index in [0.717, 1.165) is 5.56 Å². The minimum absolute atomic E-state index is 0.0327. The van der Waals surface area contributed by atoms with Crippen LogP contribution in [0.5, 0.6) is 5.88 Å². The number of nitrogens with zero attached hydrogens (tertiary/aromatic N) is 3. The summed E-state index contributed by atoms with van der Waals surface area (Å²) >= 11 is 0. The fourth-order valence-corrected chi connectivity index (χ4v) is 2.83. The number of aryl methyl sites for hydroxylation is 1. The molecule has 152 valence electrons. The van der Waals surface area contributed by atoms with Crippen LogP contribution in [-0.2, 0) is 13.1 Å². The molecule has 3 heterocycles. The van der Waals surface area contributed by atoms with Gasteiger partial charge in [0, 0.05) is 31.5 Å². The lowest BCUT2D eigenvalue weighted by atomic mass is 10.2. The molecule has 0 fully saturated rings. The van der Waals surface area contributed by atoms with Gasteiger partial charge in [0.2, 0.25) is 5.88 Å². The molecule has 3 aromatic rings. The van der Waals surface area contributed by atoms with E-state index in [9.17, 15) is 14.4 Å². The fraction of sp³-hybridized carbons (Fsp3) is 0.350. The van der Waals surface area contributed by atoms with Crippen molar-refractivity contribution in [1.29, 1.82) is 0 Å². The van der Waals surface area contributed by atoms with Gasteiger partial charge in [-0.25, -0.2) is 14.8 Å². The highest BCUT2D eigenvalue weighted by Crippen LogP contribution is 2.11. The number of pyridine rings is 2. The molecule has 0 aromatic carbocycles. The molecule has 0 atom stereocenters. The molecule has 1 amide bonds. The molecule has 0 bridgehead atoms. The maximum atomic E-state index is 12.5. The molecule has 0 spiro atoms. The molecule has 2 N–H and O–H groups in total. The van der Waals surface area contributed by atoms with E-state index in [-0.39, 0.29) is 35.2 Å². The van der Waals surface area contributed by atoms with E-state index in [1.165, 1.54) is 16.8 Å². The highest BCUT2D eigenvalue weighted by Gasteiger charge is 2.13. The summed E-state index contributed by atoms with van der Waals surface area (Å²) in [6.45, 7) is 6.44. The van der Waals surface area contributed by atoms with Crippen LogP contribution in [0.15, 0.2) is 40.2 Å². The Morgan fingerprint density at radius 2 is 2.03 bits per heavy atom.